The van der Waals surface area contributed by atoms with Gasteiger partial charge in [-0.3, -0.25) is 4.79 Å². The van der Waals surface area contributed by atoms with Crippen molar-refractivity contribution in [1.82, 2.24) is 4.98 Å². The molecule has 0 saturated heterocycles. The van der Waals surface area contributed by atoms with Crippen LogP contribution in [0.2, 0.25) is 0 Å². The number of nitrogens with one attached hydrogen (secondary N) is 1. The van der Waals surface area contributed by atoms with Gasteiger partial charge in [-0.15, -0.1) is 11.3 Å². The fourth-order valence-corrected chi connectivity index (χ4v) is 5.96. The number of benzene rings is 4. The van der Waals surface area contributed by atoms with Gasteiger partial charge in [0.15, 0.2) is 4.34 Å². The summed E-state index contributed by atoms with van der Waals surface area (Å²) >= 11 is 6.98. The van der Waals surface area contributed by atoms with Crippen molar-refractivity contribution in [3.63, 3.8) is 0 Å². The summed E-state index contributed by atoms with van der Waals surface area (Å²) in [6.07, 6.45) is 0. The number of carbonyl (C=O) groups excluding carboxylic acids is 1. The molecular weight excluding hydrogens is 500 g/mol. The van der Waals surface area contributed by atoms with E-state index in [1.165, 1.54) is 4.70 Å². The van der Waals surface area contributed by atoms with Crippen LogP contribution >= 0.6 is 39.0 Å². The SMILES string of the molecule is O=C(Nc1ccc(Sc2nc3ccccc3s2)cc1-c1ccccc1Br)c1ccccc1. The average molecular weight is 517 g/mol. The Kier molecular flexibility index (Phi) is 6.08. The van der Waals surface area contributed by atoms with E-state index in [4.69, 9.17) is 4.98 Å². The molecule has 1 heterocycles. The first-order chi connectivity index (χ1) is 15.7. The van der Waals surface area contributed by atoms with Gasteiger partial charge < -0.3 is 5.32 Å². The molecule has 156 valence electrons. The maximum atomic E-state index is 12.8. The van der Waals surface area contributed by atoms with Gasteiger partial charge in [0.2, 0.25) is 0 Å². The molecule has 0 radical (unpaired) electrons. The van der Waals surface area contributed by atoms with E-state index in [0.29, 0.717) is 5.56 Å². The lowest BCUT2D eigenvalue weighted by Crippen LogP contribution is -2.12. The van der Waals surface area contributed by atoms with Crippen LogP contribution in [0.1, 0.15) is 10.4 Å². The molecule has 0 unspecified atom stereocenters. The Morgan fingerprint density at radius 2 is 1.59 bits per heavy atom. The van der Waals surface area contributed by atoms with Crippen molar-refractivity contribution >= 4 is 60.8 Å². The van der Waals surface area contributed by atoms with Gasteiger partial charge in [0, 0.05) is 26.2 Å². The molecular formula is C26H17BrN2OS2. The third kappa shape index (κ3) is 4.48. The first-order valence-electron chi connectivity index (χ1n) is 9.96. The van der Waals surface area contributed by atoms with Gasteiger partial charge in [-0.2, -0.15) is 0 Å². The summed E-state index contributed by atoms with van der Waals surface area (Å²) in [5.41, 5.74) is 4.37. The number of fused-ring (bicyclic) bond motifs is 1. The predicted octanol–water partition coefficient (Wildman–Crippen LogP) is 8.13. The minimum atomic E-state index is -0.134. The molecule has 5 rings (SSSR count). The number of halogens is 1. The Morgan fingerprint density at radius 1 is 0.844 bits per heavy atom. The third-order valence-corrected chi connectivity index (χ3v) is 7.70. The summed E-state index contributed by atoms with van der Waals surface area (Å²) in [4.78, 5) is 18.6. The first-order valence-corrected chi connectivity index (χ1v) is 12.4. The number of anilines is 1. The molecule has 32 heavy (non-hydrogen) atoms. The van der Waals surface area contributed by atoms with Crippen molar-refractivity contribution in [1.29, 1.82) is 0 Å². The summed E-state index contributed by atoms with van der Waals surface area (Å²) in [7, 11) is 0. The molecule has 0 fully saturated rings. The third-order valence-electron chi connectivity index (χ3n) is 4.92. The van der Waals surface area contributed by atoms with E-state index >= 15 is 0 Å². The zero-order valence-electron chi connectivity index (χ0n) is 16.8. The maximum absolute atomic E-state index is 12.8. The standard InChI is InChI=1S/C26H17BrN2OS2/c27-21-11-5-4-10-19(21)20-16-18(31-26-29-23-12-6-7-13-24(23)32-26)14-15-22(20)28-25(30)17-8-2-1-3-9-17/h1-16H,(H,28,30). The van der Waals surface area contributed by atoms with Crippen LogP contribution in [-0.2, 0) is 0 Å². The van der Waals surface area contributed by atoms with E-state index < -0.39 is 0 Å². The van der Waals surface area contributed by atoms with Crippen LogP contribution in [0, 0.1) is 0 Å². The highest BCUT2D eigenvalue weighted by atomic mass is 79.9. The smallest absolute Gasteiger partial charge is 0.255 e. The van der Waals surface area contributed by atoms with Crippen molar-refractivity contribution in [3.05, 3.63) is 107 Å². The van der Waals surface area contributed by atoms with E-state index in [2.05, 4.69) is 33.4 Å². The van der Waals surface area contributed by atoms with E-state index in [1.54, 1.807) is 23.1 Å². The number of nitrogens with zero attached hydrogens (tertiary/aromatic N) is 1. The number of amides is 1. The molecule has 0 aliphatic carbocycles. The van der Waals surface area contributed by atoms with Gasteiger partial charge in [0.25, 0.3) is 5.91 Å². The number of aromatic nitrogens is 1. The highest BCUT2D eigenvalue weighted by Crippen LogP contribution is 2.40. The van der Waals surface area contributed by atoms with Crippen molar-refractivity contribution < 1.29 is 4.79 Å². The first kappa shape index (κ1) is 20.9. The lowest BCUT2D eigenvalue weighted by atomic mass is 10.0. The van der Waals surface area contributed by atoms with E-state index in [-0.39, 0.29) is 5.91 Å². The lowest BCUT2D eigenvalue weighted by molar-refractivity contribution is 0.102. The van der Waals surface area contributed by atoms with Gasteiger partial charge in [-0.1, -0.05) is 76.2 Å². The highest BCUT2D eigenvalue weighted by Gasteiger charge is 2.14. The van der Waals surface area contributed by atoms with E-state index in [0.717, 1.165) is 36.0 Å². The van der Waals surface area contributed by atoms with Crippen LogP contribution in [0.25, 0.3) is 21.3 Å². The molecule has 0 aliphatic heterocycles. The summed E-state index contributed by atoms with van der Waals surface area (Å²) in [6, 6.07) is 31.5. The molecule has 4 aromatic carbocycles. The summed E-state index contributed by atoms with van der Waals surface area (Å²) in [5.74, 6) is -0.134. The average Bonchev–Trinajstić information content (AvgIpc) is 3.23. The number of rotatable bonds is 5. The molecule has 5 aromatic rings. The topological polar surface area (TPSA) is 42.0 Å². The number of para-hydroxylation sites is 1. The summed E-state index contributed by atoms with van der Waals surface area (Å²) in [5, 5.41) is 3.08. The minimum Gasteiger partial charge on any atom is -0.321 e. The Bertz CT molecular complexity index is 1380. The molecule has 1 N–H and O–H groups in total. The molecule has 0 atom stereocenters. The fraction of sp³-hybridized carbons (Fsp3) is 0. The van der Waals surface area contributed by atoms with Gasteiger partial charge in [0.05, 0.1) is 10.2 Å². The summed E-state index contributed by atoms with van der Waals surface area (Å²) in [6.45, 7) is 0. The molecule has 3 nitrogen and oxygen atoms in total. The highest BCUT2D eigenvalue weighted by molar-refractivity contribution is 9.10. The Hall–Kier alpha value is -2.93. The number of carbonyl (C=O) groups is 1. The van der Waals surface area contributed by atoms with Crippen LogP contribution in [0.15, 0.2) is 111 Å². The molecule has 0 bridgehead atoms. The van der Waals surface area contributed by atoms with Crippen molar-refractivity contribution in [2.45, 2.75) is 9.24 Å². The van der Waals surface area contributed by atoms with Crippen LogP contribution in [0.4, 0.5) is 5.69 Å². The quantitative estimate of drug-likeness (QED) is 0.256. The molecule has 1 aromatic heterocycles. The predicted molar refractivity (Wildman–Crippen MR) is 138 cm³/mol. The maximum Gasteiger partial charge on any atom is 0.255 e. The van der Waals surface area contributed by atoms with Crippen LogP contribution in [0.3, 0.4) is 0 Å². The van der Waals surface area contributed by atoms with E-state index in [1.807, 2.05) is 84.9 Å². The van der Waals surface area contributed by atoms with Gasteiger partial charge in [0.1, 0.15) is 0 Å². The molecule has 1 amide bonds. The second kappa shape index (κ2) is 9.28. The number of thiazole rings is 1. The van der Waals surface area contributed by atoms with Crippen molar-refractivity contribution in [2.75, 3.05) is 5.32 Å². The van der Waals surface area contributed by atoms with Crippen LogP contribution in [-0.4, -0.2) is 10.9 Å². The van der Waals surface area contributed by atoms with Gasteiger partial charge >= 0.3 is 0 Å². The molecule has 0 aliphatic rings. The summed E-state index contributed by atoms with van der Waals surface area (Å²) < 4.78 is 3.13. The zero-order valence-corrected chi connectivity index (χ0v) is 20.0. The number of hydrogen-bond acceptors (Lipinski definition) is 4. The van der Waals surface area contributed by atoms with E-state index in [9.17, 15) is 4.79 Å². The normalized spacial score (nSPS) is 10.9. The second-order valence-corrected chi connectivity index (χ2v) is 10.3. The Labute approximate surface area is 202 Å². The Morgan fingerprint density at radius 3 is 2.41 bits per heavy atom. The number of hydrogen-bond donors (Lipinski definition) is 1. The fourth-order valence-electron chi connectivity index (χ4n) is 3.38. The molecule has 0 saturated carbocycles. The monoisotopic (exact) mass is 516 g/mol. The van der Waals surface area contributed by atoms with Gasteiger partial charge in [-0.25, -0.2) is 4.98 Å². The van der Waals surface area contributed by atoms with Crippen LogP contribution < -0.4 is 5.32 Å². The molecule has 0 spiro atoms. The Balaban J connectivity index is 1.52. The lowest BCUT2D eigenvalue weighted by Gasteiger charge is -2.14. The largest absolute Gasteiger partial charge is 0.321 e. The molecule has 6 heteroatoms. The zero-order chi connectivity index (χ0) is 21.9. The van der Waals surface area contributed by atoms with Crippen molar-refractivity contribution in [3.8, 4) is 11.1 Å². The van der Waals surface area contributed by atoms with Gasteiger partial charge in [-0.05, 0) is 54.1 Å². The van der Waals surface area contributed by atoms with Crippen LogP contribution in [0.5, 0.6) is 0 Å². The second-order valence-electron chi connectivity index (χ2n) is 7.06. The minimum absolute atomic E-state index is 0.134. The van der Waals surface area contributed by atoms with Crippen molar-refractivity contribution in [2.24, 2.45) is 0 Å².